The average molecular weight is 401 g/mol. The summed E-state index contributed by atoms with van der Waals surface area (Å²) in [6.45, 7) is 3.80. The number of halogens is 3. The molecule has 1 aliphatic rings. The lowest BCUT2D eigenvalue weighted by Crippen LogP contribution is -2.40. The maximum atomic E-state index is 14.1. The topological polar surface area (TPSA) is 54.5 Å². The van der Waals surface area contributed by atoms with E-state index < -0.39 is 17.5 Å². The third kappa shape index (κ3) is 3.63. The van der Waals surface area contributed by atoms with Crippen LogP contribution in [0.3, 0.4) is 0 Å². The number of carbonyl (C=O) groups is 1. The van der Waals surface area contributed by atoms with Gasteiger partial charge in [-0.25, -0.2) is 18.2 Å². The first-order chi connectivity index (χ1) is 14.0. The first kappa shape index (κ1) is 19.2. The molecule has 0 aliphatic carbocycles. The van der Waals surface area contributed by atoms with Crippen molar-refractivity contribution in [3.63, 3.8) is 0 Å². The zero-order chi connectivity index (χ0) is 20.5. The summed E-state index contributed by atoms with van der Waals surface area (Å²) in [4.78, 5) is 19.0. The molecule has 4 rings (SSSR count). The van der Waals surface area contributed by atoms with Crippen molar-refractivity contribution in [3.05, 3.63) is 65.1 Å². The summed E-state index contributed by atoms with van der Waals surface area (Å²) >= 11 is 0. The summed E-state index contributed by atoms with van der Waals surface area (Å²) < 4.78 is 46.1. The SMILES string of the molecule is Cc1cccc2c(Nc3cc(F)c(F)cc3F)ncc(C(=O)N3CCOCC3)c12. The first-order valence-electron chi connectivity index (χ1n) is 9.12. The fourth-order valence-corrected chi connectivity index (χ4v) is 3.43. The maximum Gasteiger partial charge on any atom is 0.256 e. The Labute approximate surface area is 165 Å². The molecule has 0 unspecified atom stereocenters. The molecule has 8 heteroatoms. The summed E-state index contributed by atoms with van der Waals surface area (Å²) in [6, 6.07) is 6.60. The fourth-order valence-electron chi connectivity index (χ4n) is 3.43. The second kappa shape index (κ2) is 7.71. The van der Waals surface area contributed by atoms with E-state index in [0.717, 1.165) is 11.6 Å². The summed E-state index contributed by atoms with van der Waals surface area (Å²) in [7, 11) is 0. The van der Waals surface area contributed by atoms with Crippen molar-refractivity contribution in [3.8, 4) is 0 Å². The minimum Gasteiger partial charge on any atom is -0.378 e. The molecule has 0 atom stereocenters. The van der Waals surface area contributed by atoms with E-state index in [0.29, 0.717) is 48.7 Å². The van der Waals surface area contributed by atoms with Crippen molar-refractivity contribution >= 4 is 28.2 Å². The molecule has 0 bridgehead atoms. The van der Waals surface area contributed by atoms with Crippen LogP contribution in [0.4, 0.5) is 24.7 Å². The molecular formula is C21H18F3N3O2. The molecule has 1 fully saturated rings. The average Bonchev–Trinajstić information content (AvgIpc) is 2.72. The van der Waals surface area contributed by atoms with Gasteiger partial charge in [-0.05, 0) is 12.5 Å². The zero-order valence-corrected chi connectivity index (χ0v) is 15.6. The van der Waals surface area contributed by atoms with Gasteiger partial charge < -0.3 is 15.0 Å². The number of nitrogens with zero attached hydrogens (tertiary/aromatic N) is 2. The third-order valence-electron chi connectivity index (χ3n) is 4.91. The smallest absolute Gasteiger partial charge is 0.256 e. The van der Waals surface area contributed by atoms with Crippen LogP contribution in [-0.2, 0) is 4.74 Å². The summed E-state index contributed by atoms with van der Waals surface area (Å²) in [5.41, 5.74) is 1.03. The number of hydrogen-bond donors (Lipinski definition) is 1. The third-order valence-corrected chi connectivity index (χ3v) is 4.91. The number of fused-ring (bicyclic) bond motifs is 1. The molecule has 1 aromatic heterocycles. The van der Waals surface area contributed by atoms with E-state index in [1.165, 1.54) is 6.20 Å². The number of aromatic nitrogens is 1. The highest BCUT2D eigenvalue weighted by atomic mass is 19.2. The van der Waals surface area contributed by atoms with Crippen LogP contribution in [0, 0.1) is 24.4 Å². The Kier molecular flexibility index (Phi) is 5.10. The molecule has 5 nitrogen and oxygen atoms in total. The number of pyridine rings is 1. The lowest BCUT2D eigenvalue weighted by atomic mass is 10.0. The highest BCUT2D eigenvalue weighted by molar-refractivity contribution is 6.10. The molecule has 1 aliphatic heterocycles. The minimum absolute atomic E-state index is 0.161. The molecule has 29 heavy (non-hydrogen) atoms. The lowest BCUT2D eigenvalue weighted by Gasteiger charge is -2.27. The Morgan fingerprint density at radius 2 is 1.83 bits per heavy atom. The van der Waals surface area contributed by atoms with E-state index in [-0.39, 0.29) is 17.4 Å². The molecule has 2 aromatic carbocycles. The van der Waals surface area contributed by atoms with Gasteiger partial charge in [-0.2, -0.15) is 0 Å². The van der Waals surface area contributed by atoms with Gasteiger partial charge in [0.1, 0.15) is 11.6 Å². The molecule has 1 saturated heterocycles. The van der Waals surface area contributed by atoms with Crippen molar-refractivity contribution < 1.29 is 22.7 Å². The van der Waals surface area contributed by atoms with Crippen molar-refractivity contribution in [2.75, 3.05) is 31.6 Å². The lowest BCUT2D eigenvalue weighted by molar-refractivity contribution is 0.0304. The van der Waals surface area contributed by atoms with Gasteiger partial charge in [0.05, 0.1) is 24.5 Å². The number of aryl methyl sites for hydroxylation is 1. The number of hydrogen-bond acceptors (Lipinski definition) is 4. The highest BCUT2D eigenvalue weighted by Crippen LogP contribution is 2.31. The molecule has 1 amide bonds. The van der Waals surface area contributed by atoms with E-state index in [4.69, 9.17) is 4.74 Å². The van der Waals surface area contributed by atoms with Crippen LogP contribution in [0.2, 0.25) is 0 Å². The van der Waals surface area contributed by atoms with Gasteiger partial charge in [-0.1, -0.05) is 18.2 Å². The Bertz CT molecular complexity index is 1100. The Morgan fingerprint density at radius 3 is 2.59 bits per heavy atom. The Morgan fingerprint density at radius 1 is 1.10 bits per heavy atom. The van der Waals surface area contributed by atoms with Crippen LogP contribution >= 0.6 is 0 Å². The van der Waals surface area contributed by atoms with Gasteiger partial charge in [-0.15, -0.1) is 0 Å². The van der Waals surface area contributed by atoms with Crippen LogP contribution in [0.1, 0.15) is 15.9 Å². The van der Waals surface area contributed by atoms with E-state index in [2.05, 4.69) is 10.3 Å². The summed E-state index contributed by atoms with van der Waals surface area (Å²) in [5.74, 6) is -3.31. The Hall–Kier alpha value is -3.13. The largest absolute Gasteiger partial charge is 0.378 e. The molecule has 150 valence electrons. The van der Waals surface area contributed by atoms with Crippen LogP contribution in [0.25, 0.3) is 10.8 Å². The number of benzene rings is 2. The van der Waals surface area contributed by atoms with Crippen molar-refractivity contribution in [1.82, 2.24) is 9.88 Å². The van der Waals surface area contributed by atoms with Crippen molar-refractivity contribution in [2.24, 2.45) is 0 Å². The number of nitrogens with one attached hydrogen (secondary N) is 1. The number of morpholine rings is 1. The van der Waals surface area contributed by atoms with Crippen LogP contribution in [-0.4, -0.2) is 42.1 Å². The van der Waals surface area contributed by atoms with Gasteiger partial charge in [0.2, 0.25) is 0 Å². The monoisotopic (exact) mass is 401 g/mol. The van der Waals surface area contributed by atoms with Crippen molar-refractivity contribution in [1.29, 1.82) is 0 Å². The maximum absolute atomic E-state index is 14.1. The predicted octanol–water partition coefficient (Wildman–Crippen LogP) is 4.18. The molecule has 0 radical (unpaired) electrons. The zero-order valence-electron chi connectivity index (χ0n) is 15.6. The Balaban J connectivity index is 1.79. The minimum atomic E-state index is -1.27. The molecule has 3 aromatic rings. The summed E-state index contributed by atoms with van der Waals surface area (Å²) in [5, 5.41) is 3.97. The van der Waals surface area contributed by atoms with Gasteiger partial charge in [-0.3, -0.25) is 4.79 Å². The predicted molar refractivity (Wildman–Crippen MR) is 103 cm³/mol. The second-order valence-corrected chi connectivity index (χ2v) is 6.79. The fraction of sp³-hybridized carbons (Fsp3) is 0.238. The standard InChI is InChI=1S/C21H18F3N3O2/c1-12-3-2-4-13-19(12)14(21(28)27-5-7-29-8-6-27)11-25-20(13)26-18-10-16(23)15(22)9-17(18)24/h2-4,9-11H,5-8H2,1H3,(H,25,26). The first-order valence-corrected chi connectivity index (χ1v) is 9.12. The molecule has 0 spiro atoms. The van der Waals surface area contributed by atoms with E-state index in [1.54, 1.807) is 17.0 Å². The van der Waals surface area contributed by atoms with Crippen molar-refractivity contribution in [2.45, 2.75) is 6.92 Å². The second-order valence-electron chi connectivity index (χ2n) is 6.79. The number of rotatable bonds is 3. The molecule has 1 N–H and O–H groups in total. The normalized spacial score (nSPS) is 14.3. The van der Waals surface area contributed by atoms with Gasteiger partial charge >= 0.3 is 0 Å². The number of amides is 1. The summed E-state index contributed by atoms with van der Waals surface area (Å²) in [6.07, 6.45) is 1.42. The quantitative estimate of drug-likeness (QED) is 0.669. The number of ether oxygens (including phenoxy) is 1. The van der Waals surface area contributed by atoms with Gasteiger partial charge in [0, 0.05) is 42.2 Å². The van der Waals surface area contributed by atoms with Crippen LogP contribution in [0.15, 0.2) is 36.5 Å². The number of anilines is 2. The van der Waals surface area contributed by atoms with Crippen LogP contribution < -0.4 is 5.32 Å². The van der Waals surface area contributed by atoms with Crippen LogP contribution in [0.5, 0.6) is 0 Å². The van der Waals surface area contributed by atoms with Gasteiger partial charge in [0.15, 0.2) is 11.6 Å². The van der Waals surface area contributed by atoms with Gasteiger partial charge in [0.25, 0.3) is 5.91 Å². The highest BCUT2D eigenvalue weighted by Gasteiger charge is 2.23. The van der Waals surface area contributed by atoms with E-state index in [1.807, 2.05) is 13.0 Å². The number of carbonyl (C=O) groups excluding carboxylic acids is 1. The molecule has 2 heterocycles. The van der Waals surface area contributed by atoms with E-state index >= 15 is 0 Å². The molecule has 0 saturated carbocycles. The van der Waals surface area contributed by atoms with E-state index in [9.17, 15) is 18.0 Å². The molecular weight excluding hydrogens is 383 g/mol.